The number of thiophene rings is 1. The van der Waals surface area contributed by atoms with E-state index >= 15 is 0 Å². The van der Waals surface area contributed by atoms with E-state index in [0.29, 0.717) is 6.42 Å². The second kappa shape index (κ2) is 7.70. The van der Waals surface area contributed by atoms with Crippen molar-refractivity contribution in [2.75, 3.05) is 13.7 Å². The molecular weight excluding hydrogens is 330 g/mol. The molecular formula is C13H19NO6S2. The molecule has 0 spiro atoms. The lowest BCUT2D eigenvalue weighted by atomic mass is 9.98. The lowest BCUT2D eigenvalue weighted by Crippen LogP contribution is -2.33. The van der Waals surface area contributed by atoms with E-state index in [1.807, 2.05) is 13.8 Å². The van der Waals surface area contributed by atoms with E-state index in [-0.39, 0.29) is 21.5 Å². The molecule has 1 unspecified atom stereocenters. The SMILES string of the molecule is COC(=O)c1ccc(S(=O)(=O)NCC(CC(C)C)C(=O)O)s1. The predicted molar refractivity (Wildman–Crippen MR) is 81.4 cm³/mol. The van der Waals surface area contributed by atoms with Gasteiger partial charge in [0.2, 0.25) is 10.0 Å². The molecule has 1 heterocycles. The van der Waals surface area contributed by atoms with E-state index in [2.05, 4.69) is 9.46 Å². The van der Waals surface area contributed by atoms with Crippen molar-refractivity contribution >= 4 is 33.3 Å². The summed E-state index contributed by atoms with van der Waals surface area (Å²) in [5.41, 5.74) is 0. The number of aliphatic carboxylic acids is 1. The second-order valence-electron chi connectivity index (χ2n) is 5.13. The summed E-state index contributed by atoms with van der Waals surface area (Å²) in [7, 11) is -2.64. The number of nitrogens with one attached hydrogen (secondary N) is 1. The zero-order valence-electron chi connectivity index (χ0n) is 12.5. The van der Waals surface area contributed by atoms with Gasteiger partial charge in [-0.25, -0.2) is 17.9 Å². The number of methoxy groups -OCH3 is 1. The van der Waals surface area contributed by atoms with Gasteiger partial charge in [0.15, 0.2) is 0 Å². The molecule has 1 atom stereocenters. The molecule has 7 nitrogen and oxygen atoms in total. The Morgan fingerprint density at radius 2 is 2.00 bits per heavy atom. The van der Waals surface area contributed by atoms with Crippen molar-refractivity contribution in [2.45, 2.75) is 24.5 Å². The largest absolute Gasteiger partial charge is 0.481 e. The van der Waals surface area contributed by atoms with Crippen LogP contribution in [0, 0.1) is 11.8 Å². The zero-order valence-corrected chi connectivity index (χ0v) is 14.2. The number of rotatable bonds is 8. The number of sulfonamides is 1. The van der Waals surface area contributed by atoms with E-state index in [0.717, 1.165) is 11.3 Å². The number of carboxylic acids is 1. The van der Waals surface area contributed by atoms with E-state index in [1.54, 1.807) is 0 Å². The van der Waals surface area contributed by atoms with Crippen LogP contribution in [0.5, 0.6) is 0 Å². The minimum Gasteiger partial charge on any atom is -0.481 e. The van der Waals surface area contributed by atoms with Gasteiger partial charge in [-0.1, -0.05) is 13.8 Å². The molecule has 2 N–H and O–H groups in total. The molecule has 1 rings (SSSR count). The maximum Gasteiger partial charge on any atom is 0.348 e. The minimum absolute atomic E-state index is 0.0541. The Labute approximate surface area is 133 Å². The fraction of sp³-hybridized carbons (Fsp3) is 0.538. The molecule has 0 aliphatic carbocycles. The van der Waals surface area contributed by atoms with Crippen molar-refractivity contribution in [3.63, 3.8) is 0 Å². The van der Waals surface area contributed by atoms with Crippen molar-refractivity contribution in [3.8, 4) is 0 Å². The molecule has 0 radical (unpaired) electrons. The minimum atomic E-state index is -3.85. The number of esters is 1. The lowest BCUT2D eigenvalue weighted by molar-refractivity contribution is -0.142. The number of hydrogen-bond acceptors (Lipinski definition) is 6. The van der Waals surface area contributed by atoms with Gasteiger partial charge in [-0.15, -0.1) is 11.3 Å². The molecule has 124 valence electrons. The van der Waals surface area contributed by atoms with Crippen molar-refractivity contribution in [1.29, 1.82) is 0 Å². The van der Waals surface area contributed by atoms with Crippen LogP contribution in [-0.4, -0.2) is 39.1 Å². The summed E-state index contributed by atoms with van der Waals surface area (Å²) in [6.07, 6.45) is 0.371. The summed E-state index contributed by atoms with van der Waals surface area (Å²) in [4.78, 5) is 22.6. The summed E-state index contributed by atoms with van der Waals surface area (Å²) >= 11 is 0.774. The highest BCUT2D eigenvalue weighted by Crippen LogP contribution is 2.22. The Bertz CT molecular complexity index is 635. The normalized spacial score (nSPS) is 13.1. The highest BCUT2D eigenvalue weighted by atomic mass is 32.2. The summed E-state index contributed by atoms with van der Waals surface area (Å²) < 4.78 is 31.0. The molecule has 9 heteroatoms. The van der Waals surface area contributed by atoms with Gasteiger partial charge in [-0.2, -0.15) is 0 Å². The van der Waals surface area contributed by atoms with Crippen LogP contribution >= 0.6 is 11.3 Å². The number of hydrogen-bond donors (Lipinski definition) is 2. The maximum absolute atomic E-state index is 12.1. The molecule has 0 aliphatic rings. The summed E-state index contributed by atoms with van der Waals surface area (Å²) in [6.45, 7) is 3.54. The Hall–Kier alpha value is -1.45. The highest BCUT2D eigenvalue weighted by Gasteiger charge is 2.24. The fourth-order valence-corrected chi connectivity index (χ4v) is 4.15. The first-order valence-electron chi connectivity index (χ1n) is 6.58. The van der Waals surface area contributed by atoms with Gasteiger partial charge in [0.05, 0.1) is 13.0 Å². The first-order chi connectivity index (χ1) is 10.2. The third kappa shape index (κ3) is 5.08. The fourth-order valence-electron chi connectivity index (χ4n) is 1.80. The summed E-state index contributed by atoms with van der Waals surface area (Å²) in [6, 6.07) is 2.64. The van der Waals surface area contributed by atoms with Gasteiger partial charge in [0.1, 0.15) is 9.09 Å². The summed E-state index contributed by atoms with van der Waals surface area (Å²) in [5.74, 6) is -2.32. The van der Waals surface area contributed by atoms with Gasteiger partial charge in [-0.05, 0) is 24.5 Å². The van der Waals surface area contributed by atoms with E-state index in [9.17, 15) is 18.0 Å². The van der Waals surface area contributed by atoms with E-state index < -0.39 is 27.9 Å². The topological polar surface area (TPSA) is 110 Å². The molecule has 0 aliphatic heterocycles. The van der Waals surface area contributed by atoms with Gasteiger partial charge >= 0.3 is 11.9 Å². The molecule has 0 fully saturated rings. The molecule has 22 heavy (non-hydrogen) atoms. The smallest absolute Gasteiger partial charge is 0.348 e. The van der Waals surface area contributed by atoms with Crippen LogP contribution in [0.3, 0.4) is 0 Å². The van der Waals surface area contributed by atoms with Crippen molar-refractivity contribution in [3.05, 3.63) is 17.0 Å². The van der Waals surface area contributed by atoms with Gasteiger partial charge in [-0.3, -0.25) is 4.79 Å². The van der Waals surface area contributed by atoms with Crippen LogP contribution in [-0.2, 0) is 19.6 Å². The number of carbonyl (C=O) groups is 2. The Kier molecular flexibility index (Phi) is 6.51. The monoisotopic (exact) mass is 349 g/mol. The van der Waals surface area contributed by atoms with Gasteiger partial charge in [0.25, 0.3) is 0 Å². The maximum atomic E-state index is 12.1. The zero-order chi connectivity index (χ0) is 16.9. The second-order valence-corrected chi connectivity index (χ2v) is 8.20. The Balaban J connectivity index is 2.80. The van der Waals surface area contributed by atoms with Crippen LogP contribution in [0.4, 0.5) is 0 Å². The molecule has 0 saturated carbocycles. The first-order valence-corrected chi connectivity index (χ1v) is 8.88. The average molecular weight is 349 g/mol. The van der Waals surface area contributed by atoms with Crippen molar-refractivity contribution < 1.29 is 27.9 Å². The third-order valence-corrected chi connectivity index (χ3v) is 5.84. The lowest BCUT2D eigenvalue weighted by Gasteiger charge is -2.15. The number of carbonyl (C=O) groups excluding carboxylic acids is 1. The average Bonchev–Trinajstić information content (AvgIpc) is 2.92. The van der Waals surface area contributed by atoms with Crippen LogP contribution in [0.25, 0.3) is 0 Å². The van der Waals surface area contributed by atoms with Crippen molar-refractivity contribution in [1.82, 2.24) is 4.72 Å². The molecule has 0 amide bonds. The Morgan fingerprint density at radius 1 is 1.36 bits per heavy atom. The van der Waals surface area contributed by atoms with Crippen LogP contribution in [0.15, 0.2) is 16.3 Å². The molecule has 1 aromatic rings. The van der Waals surface area contributed by atoms with Gasteiger partial charge < -0.3 is 9.84 Å². The quantitative estimate of drug-likeness (QED) is 0.689. The van der Waals surface area contributed by atoms with Crippen molar-refractivity contribution in [2.24, 2.45) is 11.8 Å². The Morgan fingerprint density at radius 3 is 2.50 bits per heavy atom. The van der Waals surface area contributed by atoms with Crippen LogP contribution in [0.2, 0.25) is 0 Å². The van der Waals surface area contributed by atoms with Crippen LogP contribution < -0.4 is 4.72 Å². The van der Waals surface area contributed by atoms with E-state index in [4.69, 9.17) is 5.11 Å². The van der Waals surface area contributed by atoms with Crippen LogP contribution in [0.1, 0.15) is 29.9 Å². The number of carboxylic acid groups (broad SMARTS) is 1. The standard InChI is InChI=1S/C13H19NO6S2/c1-8(2)6-9(12(15)16)7-14-22(18,19)11-5-4-10(21-11)13(17)20-3/h4-5,8-9,14H,6-7H2,1-3H3,(H,15,16). The molecule has 0 saturated heterocycles. The highest BCUT2D eigenvalue weighted by molar-refractivity contribution is 7.91. The third-order valence-electron chi connectivity index (χ3n) is 2.86. The van der Waals surface area contributed by atoms with Gasteiger partial charge in [0, 0.05) is 6.54 Å². The first kappa shape index (κ1) is 18.6. The molecule has 0 aromatic carbocycles. The summed E-state index contributed by atoms with van der Waals surface area (Å²) in [5, 5.41) is 9.10. The predicted octanol–water partition coefficient (Wildman–Crippen LogP) is 1.56. The molecule has 0 bridgehead atoms. The number of ether oxygens (including phenoxy) is 1. The molecule has 1 aromatic heterocycles. The van der Waals surface area contributed by atoms with E-state index in [1.165, 1.54) is 19.2 Å².